The smallest absolute Gasteiger partial charge is 0.245 e. The third kappa shape index (κ3) is 4.89. The highest BCUT2D eigenvalue weighted by Crippen LogP contribution is 2.28. The number of aryl methyl sites for hydroxylation is 2. The van der Waals surface area contributed by atoms with Crippen molar-refractivity contribution in [2.75, 3.05) is 24.2 Å². The number of nitrogens with one attached hydrogen (secondary N) is 1. The van der Waals surface area contributed by atoms with Crippen molar-refractivity contribution < 1.29 is 21.6 Å². The van der Waals surface area contributed by atoms with Gasteiger partial charge in [-0.05, 0) is 67.5 Å². The number of amides is 1. The van der Waals surface area contributed by atoms with E-state index in [1.54, 1.807) is 24.3 Å². The minimum absolute atomic E-state index is 0.0386. The largest absolute Gasteiger partial charge is 0.325 e. The van der Waals surface area contributed by atoms with Crippen LogP contribution in [0.15, 0.2) is 52.3 Å². The van der Waals surface area contributed by atoms with E-state index in [1.807, 2.05) is 6.07 Å². The molecule has 32 heavy (non-hydrogen) atoms. The molecule has 4 rings (SSSR count). The number of carbonyl (C=O) groups is 1. The molecule has 1 heterocycles. The van der Waals surface area contributed by atoms with Gasteiger partial charge in [0.05, 0.1) is 16.3 Å². The number of hydrogen-bond donors (Lipinski definition) is 1. The number of rotatable bonds is 7. The quantitative estimate of drug-likeness (QED) is 0.662. The number of benzene rings is 2. The SMILES string of the molecule is O=C(CCS(=O)(=O)c1ccc2c(c1)CCC2)Nc1ccccc1S(=O)(=O)N1CCCCC1. The van der Waals surface area contributed by atoms with Crippen molar-refractivity contribution in [1.82, 2.24) is 4.31 Å². The molecule has 1 amide bonds. The summed E-state index contributed by atoms with van der Waals surface area (Å²) >= 11 is 0. The van der Waals surface area contributed by atoms with Crippen molar-refractivity contribution >= 4 is 31.5 Å². The maximum absolute atomic E-state index is 13.1. The summed E-state index contributed by atoms with van der Waals surface area (Å²) in [6.45, 7) is 0.924. The standard InChI is InChI=1S/C23H28N2O5S2/c26-23(13-16-31(27,28)20-12-11-18-7-6-8-19(18)17-20)24-21-9-2-3-10-22(21)32(29,30)25-14-4-1-5-15-25/h2-3,9-12,17H,1,4-8,13-16H2,(H,24,26). The maximum Gasteiger partial charge on any atom is 0.245 e. The number of para-hydroxylation sites is 1. The average molecular weight is 477 g/mol. The van der Waals surface area contributed by atoms with Crippen molar-refractivity contribution in [3.05, 3.63) is 53.6 Å². The lowest BCUT2D eigenvalue weighted by Crippen LogP contribution is -2.36. The summed E-state index contributed by atoms with van der Waals surface area (Å²) in [6, 6.07) is 11.5. The van der Waals surface area contributed by atoms with Crippen molar-refractivity contribution in [2.24, 2.45) is 0 Å². The molecule has 0 unspecified atom stereocenters. The van der Waals surface area contributed by atoms with Crippen LogP contribution in [-0.2, 0) is 37.5 Å². The van der Waals surface area contributed by atoms with Crippen molar-refractivity contribution in [3.8, 4) is 0 Å². The first-order valence-electron chi connectivity index (χ1n) is 11.0. The van der Waals surface area contributed by atoms with Crippen LogP contribution in [0, 0.1) is 0 Å². The van der Waals surface area contributed by atoms with Gasteiger partial charge in [-0.3, -0.25) is 4.79 Å². The van der Waals surface area contributed by atoms with Crippen LogP contribution in [0.4, 0.5) is 5.69 Å². The Morgan fingerprint density at radius 2 is 1.59 bits per heavy atom. The molecule has 0 atom stereocenters. The Balaban J connectivity index is 1.45. The van der Waals surface area contributed by atoms with Crippen LogP contribution in [0.5, 0.6) is 0 Å². The van der Waals surface area contributed by atoms with E-state index in [0.29, 0.717) is 13.1 Å². The molecule has 0 spiro atoms. The number of piperidine rings is 1. The molecular weight excluding hydrogens is 448 g/mol. The lowest BCUT2D eigenvalue weighted by atomic mass is 10.1. The molecule has 9 heteroatoms. The van der Waals surface area contributed by atoms with Crippen LogP contribution in [0.3, 0.4) is 0 Å². The van der Waals surface area contributed by atoms with E-state index >= 15 is 0 Å². The van der Waals surface area contributed by atoms with Gasteiger partial charge in [-0.1, -0.05) is 24.6 Å². The zero-order valence-electron chi connectivity index (χ0n) is 17.9. The fourth-order valence-electron chi connectivity index (χ4n) is 4.34. The number of hydrogen-bond acceptors (Lipinski definition) is 5. The second-order valence-electron chi connectivity index (χ2n) is 8.36. The van der Waals surface area contributed by atoms with Gasteiger partial charge >= 0.3 is 0 Å². The van der Waals surface area contributed by atoms with E-state index in [-0.39, 0.29) is 27.7 Å². The van der Waals surface area contributed by atoms with Gasteiger partial charge in [0.25, 0.3) is 0 Å². The topological polar surface area (TPSA) is 101 Å². The predicted octanol–water partition coefficient (Wildman–Crippen LogP) is 3.15. The summed E-state index contributed by atoms with van der Waals surface area (Å²) in [5.41, 5.74) is 2.43. The Labute approximate surface area is 189 Å². The molecule has 2 aliphatic rings. The minimum atomic E-state index is -3.73. The van der Waals surface area contributed by atoms with Gasteiger partial charge in [0.2, 0.25) is 15.9 Å². The molecule has 0 radical (unpaired) electrons. The van der Waals surface area contributed by atoms with Crippen LogP contribution in [0.1, 0.15) is 43.2 Å². The third-order valence-corrected chi connectivity index (χ3v) is 9.79. The molecule has 0 aromatic heterocycles. The Morgan fingerprint density at radius 1 is 0.875 bits per heavy atom. The van der Waals surface area contributed by atoms with E-state index in [2.05, 4.69) is 5.32 Å². The highest BCUT2D eigenvalue weighted by molar-refractivity contribution is 7.91. The molecule has 0 bridgehead atoms. The second kappa shape index (κ2) is 9.33. The second-order valence-corrected chi connectivity index (χ2v) is 12.4. The molecule has 172 valence electrons. The van der Waals surface area contributed by atoms with Gasteiger partial charge in [-0.2, -0.15) is 4.31 Å². The van der Waals surface area contributed by atoms with E-state index in [4.69, 9.17) is 0 Å². The molecule has 2 aromatic rings. The normalized spacial score (nSPS) is 17.1. The minimum Gasteiger partial charge on any atom is -0.325 e. The number of fused-ring (bicyclic) bond motifs is 1. The molecule has 1 saturated heterocycles. The first-order chi connectivity index (χ1) is 15.3. The predicted molar refractivity (Wildman–Crippen MR) is 123 cm³/mol. The van der Waals surface area contributed by atoms with Gasteiger partial charge in [0.1, 0.15) is 4.90 Å². The number of nitrogens with zero attached hydrogens (tertiary/aromatic N) is 1. The van der Waals surface area contributed by atoms with Gasteiger partial charge in [0, 0.05) is 19.5 Å². The average Bonchev–Trinajstić information content (AvgIpc) is 3.27. The van der Waals surface area contributed by atoms with Gasteiger partial charge < -0.3 is 5.32 Å². The van der Waals surface area contributed by atoms with Crippen LogP contribution in [-0.4, -0.2) is 45.9 Å². The fourth-order valence-corrected chi connectivity index (χ4v) is 7.29. The third-order valence-electron chi connectivity index (χ3n) is 6.12. The molecule has 0 saturated carbocycles. The van der Waals surface area contributed by atoms with Crippen LogP contribution < -0.4 is 5.32 Å². The van der Waals surface area contributed by atoms with Crippen LogP contribution >= 0.6 is 0 Å². The first kappa shape index (κ1) is 22.9. The molecule has 1 aliphatic heterocycles. The monoisotopic (exact) mass is 476 g/mol. The summed E-state index contributed by atoms with van der Waals surface area (Å²) < 4.78 is 53.0. The summed E-state index contributed by atoms with van der Waals surface area (Å²) in [6.07, 6.45) is 5.25. The molecule has 7 nitrogen and oxygen atoms in total. The number of sulfonamides is 1. The zero-order chi connectivity index (χ0) is 22.8. The summed E-state index contributed by atoms with van der Waals surface area (Å²) in [5.74, 6) is -0.866. The van der Waals surface area contributed by atoms with Gasteiger partial charge in [0.15, 0.2) is 9.84 Å². The zero-order valence-corrected chi connectivity index (χ0v) is 19.6. The van der Waals surface area contributed by atoms with E-state index < -0.39 is 25.8 Å². The van der Waals surface area contributed by atoms with Gasteiger partial charge in [-0.25, -0.2) is 16.8 Å². The number of carbonyl (C=O) groups excluding carboxylic acids is 1. The lowest BCUT2D eigenvalue weighted by Gasteiger charge is -2.26. The molecule has 2 aromatic carbocycles. The van der Waals surface area contributed by atoms with Gasteiger partial charge in [-0.15, -0.1) is 0 Å². The maximum atomic E-state index is 13.1. The Bertz CT molecular complexity index is 1220. The van der Waals surface area contributed by atoms with E-state index in [1.165, 1.54) is 22.0 Å². The van der Waals surface area contributed by atoms with Crippen molar-refractivity contribution in [3.63, 3.8) is 0 Å². The summed E-state index contributed by atoms with van der Waals surface area (Å²) in [4.78, 5) is 12.8. The molecule has 1 N–H and O–H groups in total. The Kier molecular flexibility index (Phi) is 6.69. The first-order valence-corrected chi connectivity index (χ1v) is 14.1. The fraction of sp³-hybridized carbons (Fsp3) is 0.435. The van der Waals surface area contributed by atoms with Crippen LogP contribution in [0.2, 0.25) is 0 Å². The molecular formula is C23H28N2O5S2. The molecule has 1 fully saturated rings. The Morgan fingerprint density at radius 3 is 2.38 bits per heavy atom. The van der Waals surface area contributed by atoms with Crippen molar-refractivity contribution in [2.45, 2.75) is 54.7 Å². The lowest BCUT2D eigenvalue weighted by molar-refractivity contribution is -0.115. The highest BCUT2D eigenvalue weighted by atomic mass is 32.2. The highest BCUT2D eigenvalue weighted by Gasteiger charge is 2.28. The van der Waals surface area contributed by atoms with E-state index in [9.17, 15) is 21.6 Å². The summed E-state index contributed by atoms with van der Waals surface area (Å²) in [5, 5.41) is 2.61. The Hall–Kier alpha value is -2.23. The van der Waals surface area contributed by atoms with E-state index in [0.717, 1.165) is 44.1 Å². The summed E-state index contributed by atoms with van der Waals surface area (Å²) in [7, 11) is -7.34. The molecule has 1 aliphatic carbocycles. The van der Waals surface area contributed by atoms with Crippen molar-refractivity contribution in [1.29, 1.82) is 0 Å². The number of anilines is 1. The van der Waals surface area contributed by atoms with Crippen LogP contribution in [0.25, 0.3) is 0 Å². The number of sulfone groups is 1.